The molecular formula is C44H36O5. The number of aliphatic carboxylic acids is 1. The van der Waals surface area contributed by atoms with Gasteiger partial charge in [-0.25, -0.2) is 4.79 Å². The Hall–Kier alpha value is -6.46. The Morgan fingerprint density at radius 3 is 1.80 bits per heavy atom. The first kappa shape index (κ1) is 24.7. The molecule has 0 saturated carbocycles. The van der Waals surface area contributed by atoms with E-state index >= 15 is 0 Å². The molecule has 0 aromatic heterocycles. The van der Waals surface area contributed by atoms with E-state index in [2.05, 4.69) is 0 Å². The fourth-order valence-corrected chi connectivity index (χ4v) is 4.41. The summed E-state index contributed by atoms with van der Waals surface area (Å²) in [5.74, 6) is -5.80. The van der Waals surface area contributed by atoms with Crippen molar-refractivity contribution < 1.29 is 36.6 Å². The number of allylic oxidation sites excluding steroid dienone is 4. The van der Waals surface area contributed by atoms with Crippen molar-refractivity contribution in [2.24, 2.45) is 0 Å². The van der Waals surface area contributed by atoms with Crippen LogP contribution in [0.4, 0.5) is 0 Å². The SMILES string of the molecule is [2H]C(=CC(=O)O)c1c([2H])c([2H])c([2H])c([2H])c1[2H].[2H]C(=Cc1ccccc1)C(=O)c1ccccc1C([2H])(C(=O)/C([2H])=C/c1ccccc1)C(=CC(C)=O)c1ccccc1. The minimum Gasteiger partial charge on any atom is -0.478 e. The molecule has 0 aliphatic heterocycles. The third-order valence-corrected chi connectivity index (χ3v) is 6.55. The molecule has 0 aliphatic rings. The van der Waals surface area contributed by atoms with Gasteiger partial charge in [-0.2, -0.15) is 0 Å². The maximum absolute atomic E-state index is 14.2. The second kappa shape index (κ2) is 18.6. The van der Waals surface area contributed by atoms with Crippen LogP contribution in [-0.4, -0.2) is 28.4 Å². The van der Waals surface area contributed by atoms with E-state index in [1.165, 1.54) is 37.3 Å². The molecular weight excluding hydrogens is 608 g/mol. The lowest BCUT2D eigenvalue weighted by atomic mass is 9.80. The number of carbonyl (C=O) groups excluding carboxylic acids is 3. The Balaban J connectivity index is 0.000000366. The minimum absolute atomic E-state index is 0.0243. The zero-order valence-electron chi connectivity index (χ0n) is 35.4. The Morgan fingerprint density at radius 1 is 0.694 bits per heavy atom. The van der Waals surface area contributed by atoms with Crippen molar-refractivity contribution in [3.05, 3.63) is 203 Å². The van der Waals surface area contributed by atoms with Crippen molar-refractivity contribution in [3.63, 3.8) is 0 Å². The van der Waals surface area contributed by atoms with E-state index in [9.17, 15) is 20.5 Å². The molecule has 0 spiro atoms. The molecule has 0 fully saturated rings. The highest BCUT2D eigenvalue weighted by atomic mass is 16.4. The molecule has 5 aromatic rings. The minimum atomic E-state index is -2.37. The summed E-state index contributed by atoms with van der Waals surface area (Å²) >= 11 is 0. The molecule has 1 atom stereocenters. The topological polar surface area (TPSA) is 88.5 Å². The summed E-state index contributed by atoms with van der Waals surface area (Å²) in [6, 6.07) is 28.0. The smallest absolute Gasteiger partial charge is 0.328 e. The van der Waals surface area contributed by atoms with Crippen LogP contribution in [0.15, 0.2) is 170 Å². The van der Waals surface area contributed by atoms with E-state index in [-0.39, 0.29) is 22.8 Å². The van der Waals surface area contributed by atoms with Crippen LogP contribution in [0.1, 0.15) is 63.3 Å². The Morgan fingerprint density at radius 2 is 1.22 bits per heavy atom. The van der Waals surface area contributed by atoms with E-state index in [0.717, 1.165) is 0 Å². The predicted octanol–water partition coefficient (Wildman–Crippen LogP) is 9.41. The van der Waals surface area contributed by atoms with Crippen LogP contribution in [0.25, 0.3) is 23.8 Å². The number of carbonyl (C=O) groups is 4. The standard InChI is InChI=1S/C35H28O3.C9H8O2/c1-26(36)25-32(29-17-9-4-10-18-29)35(34(38)24-22-28-15-7-3-8-16-28)31-20-12-11-19-30(31)33(37)23-21-27-13-5-2-6-14-27;10-9(11)7-6-8-4-2-1-3-5-8/h2-25,35H,1H3;1-7H,(H,10,11)/b23-21?,24-22+,32-25?;/i23D,24D,35D;1D,2D,3D,4D,5D,6D. The van der Waals surface area contributed by atoms with Crippen molar-refractivity contribution >= 4 is 47.1 Å². The van der Waals surface area contributed by atoms with Crippen molar-refractivity contribution in [2.45, 2.75) is 12.8 Å². The van der Waals surface area contributed by atoms with Gasteiger partial charge in [0.05, 0.1) is 16.9 Å². The van der Waals surface area contributed by atoms with Gasteiger partial charge in [-0.3, -0.25) is 14.4 Å². The number of hydrogen-bond acceptors (Lipinski definition) is 4. The lowest BCUT2D eigenvalue weighted by molar-refractivity contribution is -0.131. The number of carboxylic acid groups (broad SMARTS) is 1. The molecule has 5 aromatic carbocycles. The second-order valence-corrected chi connectivity index (χ2v) is 10.1. The van der Waals surface area contributed by atoms with E-state index in [4.69, 9.17) is 16.1 Å². The largest absolute Gasteiger partial charge is 0.478 e. The van der Waals surface area contributed by atoms with Crippen LogP contribution in [0, 0.1) is 0 Å². The van der Waals surface area contributed by atoms with Gasteiger partial charge in [-0.05, 0) is 64.5 Å². The molecule has 5 heteroatoms. The van der Waals surface area contributed by atoms with Crippen LogP contribution >= 0.6 is 0 Å². The molecule has 1 unspecified atom stereocenters. The van der Waals surface area contributed by atoms with E-state index in [0.29, 0.717) is 22.8 Å². The predicted molar refractivity (Wildman–Crippen MR) is 198 cm³/mol. The van der Waals surface area contributed by atoms with Gasteiger partial charge in [-0.15, -0.1) is 0 Å². The highest BCUT2D eigenvalue weighted by Gasteiger charge is 2.28. The first-order valence-electron chi connectivity index (χ1n) is 19.4. The van der Waals surface area contributed by atoms with Crippen molar-refractivity contribution in [1.29, 1.82) is 0 Å². The normalized spacial score (nSPS) is 15.8. The van der Waals surface area contributed by atoms with Gasteiger partial charge < -0.3 is 5.11 Å². The van der Waals surface area contributed by atoms with Crippen molar-refractivity contribution in [1.82, 2.24) is 0 Å². The lowest BCUT2D eigenvalue weighted by Gasteiger charge is -2.21. The van der Waals surface area contributed by atoms with E-state index in [1.54, 1.807) is 91.0 Å². The lowest BCUT2D eigenvalue weighted by Crippen LogP contribution is -2.17. The molecule has 5 nitrogen and oxygen atoms in total. The van der Waals surface area contributed by atoms with Gasteiger partial charge in [0.25, 0.3) is 0 Å². The van der Waals surface area contributed by atoms with Crippen molar-refractivity contribution in [3.8, 4) is 0 Å². The zero-order valence-corrected chi connectivity index (χ0v) is 26.4. The number of rotatable bonds is 12. The van der Waals surface area contributed by atoms with Crippen LogP contribution < -0.4 is 0 Å². The van der Waals surface area contributed by atoms with Gasteiger partial charge in [0.15, 0.2) is 17.3 Å². The third kappa shape index (κ3) is 11.4. The molecule has 5 rings (SSSR count). The molecule has 0 amide bonds. The molecule has 1 N–H and O–H groups in total. The molecule has 49 heavy (non-hydrogen) atoms. The first-order chi connectivity index (χ1) is 27.5. The van der Waals surface area contributed by atoms with Gasteiger partial charge in [0.2, 0.25) is 0 Å². The third-order valence-electron chi connectivity index (χ3n) is 6.55. The summed E-state index contributed by atoms with van der Waals surface area (Å²) in [6.45, 7) is 1.32. The molecule has 0 bridgehead atoms. The average Bonchev–Trinajstić information content (AvgIpc) is 3.21. The van der Waals surface area contributed by atoms with Gasteiger partial charge in [-0.1, -0.05) is 158 Å². The zero-order chi connectivity index (χ0) is 42.7. The van der Waals surface area contributed by atoms with Crippen LogP contribution in [0.3, 0.4) is 0 Å². The highest BCUT2D eigenvalue weighted by molar-refractivity contribution is 6.14. The maximum Gasteiger partial charge on any atom is 0.328 e. The molecule has 242 valence electrons. The fraction of sp³-hybridized carbons (Fsp3) is 0.0455. The summed E-state index contributed by atoms with van der Waals surface area (Å²) in [4.78, 5) is 50.8. The summed E-state index contributed by atoms with van der Waals surface area (Å²) in [6.07, 6.45) is 4.46. The van der Waals surface area contributed by atoms with Gasteiger partial charge in [0.1, 0.15) is 0 Å². The number of ketones is 3. The van der Waals surface area contributed by atoms with Gasteiger partial charge >= 0.3 is 5.97 Å². The average molecular weight is 654 g/mol. The van der Waals surface area contributed by atoms with E-state index in [1.807, 2.05) is 12.1 Å². The van der Waals surface area contributed by atoms with Gasteiger partial charge in [0, 0.05) is 13.0 Å². The number of benzene rings is 5. The maximum atomic E-state index is 14.2. The molecule has 0 saturated heterocycles. The van der Waals surface area contributed by atoms with Crippen LogP contribution in [-0.2, 0) is 14.4 Å². The van der Waals surface area contributed by atoms with Crippen molar-refractivity contribution in [2.75, 3.05) is 0 Å². The van der Waals surface area contributed by atoms with E-state index < -0.39 is 77.1 Å². The molecule has 0 radical (unpaired) electrons. The number of hydrogen-bond donors (Lipinski definition) is 1. The number of carboxylic acids is 1. The Bertz CT molecular complexity index is 2450. The summed E-state index contributed by atoms with van der Waals surface area (Å²) in [5.41, 5.74) is 1.21. The van der Waals surface area contributed by atoms with Crippen LogP contribution in [0.5, 0.6) is 0 Å². The Labute approximate surface area is 299 Å². The fourth-order valence-electron chi connectivity index (χ4n) is 4.41. The quantitative estimate of drug-likeness (QED) is 0.107. The summed E-state index contributed by atoms with van der Waals surface area (Å²) < 4.78 is 71.4. The van der Waals surface area contributed by atoms with Crippen LogP contribution in [0.2, 0.25) is 0 Å². The summed E-state index contributed by atoms with van der Waals surface area (Å²) in [7, 11) is 0. The first-order valence-corrected chi connectivity index (χ1v) is 14.9. The monoisotopic (exact) mass is 653 g/mol. The summed E-state index contributed by atoms with van der Waals surface area (Å²) in [5, 5.41) is 8.47. The highest BCUT2D eigenvalue weighted by Crippen LogP contribution is 2.36. The Kier molecular flexibility index (Phi) is 9.38. The molecule has 0 heterocycles. The molecule has 0 aliphatic carbocycles. The second-order valence-electron chi connectivity index (χ2n) is 10.1.